The highest BCUT2D eigenvalue weighted by Gasteiger charge is 2.32. The molecule has 0 radical (unpaired) electrons. The number of hydrogen-bond donors (Lipinski definition) is 1. The van der Waals surface area contributed by atoms with Crippen LogP contribution in [0.25, 0.3) is 5.65 Å². The van der Waals surface area contributed by atoms with E-state index in [4.69, 9.17) is 0 Å². The highest BCUT2D eigenvalue weighted by Crippen LogP contribution is 2.32. The number of nitrogens with one attached hydrogen (secondary N) is 1. The maximum atomic E-state index is 12.7. The Labute approximate surface area is 183 Å². The molecule has 1 saturated carbocycles. The first kappa shape index (κ1) is 20.2. The Kier molecular flexibility index (Phi) is 5.70. The standard InChI is InChI=1S/C24H30N6O/c1-28-13-14-29(15-19-7-8-19)17-21(28)23-27-26-22-10-9-20(16-30(22)23)24(31)25-12-11-18-5-3-2-4-6-18/h2-6,9-10,16,19,21H,7-8,11-15,17H2,1H3,(H,25,31). The minimum absolute atomic E-state index is 0.0650. The van der Waals surface area contributed by atoms with Gasteiger partial charge in [-0.3, -0.25) is 19.0 Å². The highest BCUT2D eigenvalue weighted by atomic mass is 16.1. The fourth-order valence-corrected chi connectivity index (χ4v) is 4.38. The lowest BCUT2D eigenvalue weighted by Crippen LogP contribution is -2.47. The van der Waals surface area contributed by atoms with Crippen molar-refractivity contribution >= 4 is 11.6 Å². The van der Waals surface area contributed by atoms with Gasteiger partial charge in [-0.25, -0.2) is 0 Å². The first-order chi connectivity index (χ1) is 15.2. The molecular weight excluding hydrogens is 388 g/mol. The Morgan fingerprint density at radius 3 is 2.74 bits per heavy atom. The number of benzene rings is 1. The third-order valence-electron chi connectivity index (χ3n) is 6.48. The van der Waals surface area contributed by atoms with E-state index in [0.717, 1.165) is 43.4 Å². The van der Waals surface area contributed by atoms with Crippen LogP contribution in [0.15, 0.2) is 48.7 Å². The summed E-state index contributed by atoms with van der Waals surface area (Å²) in [6.45, 7) is 4.89. The molecule has 7 heteroatoms. The number of fused-ring (bicyclic) bond motifs is 1. The van der Waals surface area contributed by atoms with Crippen LogP contribution in [0.2, 0.25) is 0 Å². The molecular formula is C24H30N6O. The fourth-order valence-electron chi connectivity index (χ4n) is 4.38. The largest absolute Gasteiger partial charge is 0.352 e. The summed E-state index contributed by atoms with van der Waals surface area (Å²) in [5, 5.41) is 11.9. The van der Waals surface area contributed by atoms with Gasteiger partial charge in [0.15, 0.2) is 11.5 Å². The van der Waals surface area contributed by atoms with Crippen LogP contribution in [0.1, 0.15) is 40.6 Å². The number of carbonyl (C=O) groups is 1. The lowest BCUT2D eigenvalue weighted by molar-refractivity contribution is 0.0869. The van der Waals surface area contributed by atoms with Crippen molar-refractivity contribution in [3.8, 4) is 0 Å². The van der Waals surface area contributed by atoms with Crippen LogP contribution in [0.5, 0.6) is 0 Å². The van der Waals surface area contributed by atoms with Crippen molar-refractivity contribution in [2.45, 2.75) is 25.3 Å². The van der Waals surface area contributed by atoms with Gasteiger partial charge in [0.1, 0.15) is 0 Å². The molecule has 7 nitrogen and oxygen atoms in total. The summed E-state index contributed by atoms with van der Waals surface area (Å²) in [5.74, 6) is 1.73. The van der Waals surface area contributed by atoms with Gasteiger partial charge in [-0.15, -0.1) is 10.2 Å². The average molecular weight is 419 g/mol. The first-order valence-corrected chi connectivity index (χ1v) is 11.3. The molecule has 2 aliphatic rings. The van der Waals surface area contributed by atoms with Gasteiger partial charge < -0.3 is 5.32 Å². The zero-order valence-corrected chi connectivity index (χ0v) is 18.1. The normalized spacial score (nSPS) is 20.2. The molecule has 31 heavy (non-hydrogen) atoms. The molecule has 2 fully saturated rings. The van der Waals surface area contributed by atoms with Crippen LogP contribution in [0.4, 0.5) is 0 Å². The number of hydrogen-bond acceptors (Lipinski definition) is 5. The maximum Gasteiger partial charge on any atom is 0.252 e. The first-order valence-electron chi connectivity index (χ1n) is 11.3. The van der Waals surface area contributed by atoms with E-state index in [-0.39, 0.29) is 11.9 Å². The van der Waals surface area contributed by atoms with Crippen molar-refractivity contribution in [2.75, 3.05) is 39.8 Å². The van der Waals surface area contributed by atoms with Crippen LogP contribution >= 0.6 is 0 Å². The highest BCUT2D eigenvalue weighted by molar-refractivity contribution is 5.94. The van der Waals surface area contributed by atoms with Crippen LogP contribution in [0, 0.1) is 5.92 Å². The summed E-state index contributed by atoms with van der Waals surface area (Å²) in [6.07, 6.45) is 5.44. The molecule has 1 aromatic carbocycles. The number of pyridine rings is 1. The van der Waals surface area contributed by atoms with Gasteiger partial charge in [-0.05, 0) is 49.9 Å². The number of piperazine rings is 1. The summed E-state index contributed by atoms with van der Waals surface area (Å²) in [6, 6.07) is 14.1. The number of amides is 1. The summed E-state index contributed by atoms with van der Waals surface area (Å²) in [4.78, 5) is 17.7. The predicted octanol–water partition coefficient (Wildman–Crippen LogP) is 2.40. The van der Waals surface area contributed by atoms with Crippen LogP contribution < -0.4 is 5.32 Å². The lowest BCUT2D eigenvalue weighted by atomic mass is 10.1. The Balaban J connectivity index is 1.30. The van der Waals surface area contributed by atoms with E-state index in [1.165, 1.54) is 24.9 Å². The molecule has 1 amide bonds. The molecule has 5 rings (SSSR count). The van der Waals surface area contributed by atoms with E-state index >= 15 is 0 Å². The molecule has 3 aromatic rings. The van der Waals surface area contributed by atoms with Gasteiger partial charge in [-0.1, -0.05) is 30.3 Å². The monoisotopic (exact) mass is 418 g/mol. The topological polar surface area (TPSA) is 65.8 Å². The van der Waals surface area contributed by atoms with Crippen molar-refractivity contribution in [1.29, 1.82) is 0 Å². The van der Waals surface area contributed by atoms with E-state index in [1.54, 1.807) is 0 Å². The SMILES string of the molecule is CN1CCN(CC2CC2)CC1c1nnc2ccc(C(=O)NCCc3ccccc3)cn12. The van der Waals surface area contributed by atoms with Crippen molar-refractivity contribution in [1.82, 2.24) is 29.7 Å². The van der Waals surface area contributed by atoms with Gasteiger partial charge in [0, 0.05) is 38.9 Å². The Bertz CT molecular complexity index is 1040. The zero-order valence-electron chi connectivity index (χ0n) is 18.1. The third kappa shape index (κ3) is 4.62. The fraction of sp³-hybridized carbons (Fsp3) is 0.458. The van der Waals surface area contributed by atoms with E-state index in [2.05, 4.69) is 44.5 Å². The number of rotatable bonds is 7. The second-order valence-corrected chi connectivity index (χ2v) is 8.90. The van der Waals surface area contributed by atoms with E-state index < -0.39 is 0 Å². The quantitative estimate of drug-likeness (QED) is 0.638. The molecule has 0 bridgehead atoms. The summed E-state index contributed by atoms with van der Waals surface area (Å²) < 4.78 is 1.99. The molecule has 1 aliphatic carbocycles. The molecule has 1 unspecified atom stereocenters. The van der Waals surface area contributed by atoms with Crippen molar-refractivity contribution in [2.24, 2.45) is 5.92 Å². The van der Waals surface area contributed by atoms with E-state index in [1.807, 2.05) is 40.9 Å². The van der Waals surface area contributed by atoms with Gasteiger partial charge in [0.05, 0.1) is 11.6 Å². The molecule has 162 valence electrons. The minimum Gasteiger partial charge on any atom is -0.352 e. The van der Waals surface area contributed by atoms with Crippen LogP contribution in [-0.4, -0.2) is 70.1 Å². The smallest absolute Gasteiger partial charge is 0.252 e. The van der Waals surface area contributed by atoms with Crippen molar-refractivity contribution in [3.05, 3.63) is 65.6 Å². The number of nitrogens with zero attached hydrogens (tertiary/aromatic N) is 5. The Morgan fingerprint density at radius 1 is 1.10 bits per heavy atom. The molecule has 0 spiro atoms. The second kappa shape index (κ2) is 8.77. The lowest BCUT2D eigenvalue weighted by Gasteiger charge is -2.38. The minimum atomic E-state index is -0.0650. The number of aromatic nitrogens is 3. The molecule has 1 atom stereocenters. The molecule has 1 aliphatic heterocycles. The third-order valence-corrected chi connectivity index (χ3v) is 6.48. The van der Waals surface area contributed by atoms with Gasteiger partial charge in [-0.2, -0.15) is 0 Å². The Hall–Kier alpha value is -2.77. The van der Waals surface area contributed by atoms with Crippen molar-refractivity contribution in [3.63, 3.8) is 0 Å². The number of carbonyl (C=O) groups excluding carboxylic acids is 1. The van der Waals surface area contributed by atoms with E-state index in [9.17, 15) is 4.79 Å². The van der Waals surface area contributed by atoms with Crippen LogP contribution in [0.3, 0.4) is 0 Å². The van der Waals surface area contributed by atoms with Gasteiger partial charge in [0.2, 0.25) is 0 Å². The zero-order chi connectivity index (χ0) is 21.2. The molecule has 2 aromatic heterocycles. The summed E-state index contributed by atoms with van der Waals surface area (Å²) >= 11 is 0. The predicted molar refractivity (Wildman–Crippen MR) is 120 cm³/mol. The van der Waals surface area contributed by atoms with Crippen LogP contribution in [-0.2, 0) is 6.42 Å². The molecule has 3 heterocycles. The molecule has 1 saturated heterocycles. The summed E-state index contributed by atoms with van der Waals surface area (Å²) in [7, 11) is 2.15. The maximum absolute atomic E-state index is 12.7. The molecule has 1 N–H and O–H groups in total. The number of likely N-dealkylation sites (N-methyl/N-ethyl adjacent to an activating group) is 1. The van der Waals surface area contributed by atoms with Gasteiger partial charge >= 0.3 is 0 Å². The second-order valence-electron chi connectivity index (χ2n) is 8.90. The Morgan fingerprint density at radius 2 is 1.94 bits per heavy atom. The summed E-state index contributed by atoms with van der Waals surface area (Å²) in [5.41, 5.74) is 2.63. The van der Waals surface area contributed by atoms with Crippen molar-refractivity contribution < 1.29 is 4.79 Å². The van der Waals surface area contributed by atoms with Gasteiger partial charge in [0.25, 0.3) is 5.91 Å². The average Bonchev–Trinajstić information content (AvgIpc) is 3.51. The van der Waals surface area contributed by atoms with E-state index in [0.29, 0.717) is 12.1 Å².